The monoisotopic (exact) mass is 553 g/mol. The molecule has 39 heavy (non-hydrogen) atoms. The Bertz CT molecular complexity index is 1370. The van der Waals surface area contributed by atoms with Crippen molar-refractivity contribution in [3.05, 3.63) is 101 Å². The highest BCUT2D eigenvalue weighted by Gasteiger charge is 2.33. The van der Waals surface area contributed by atoms with Crippen LogP contribution in [0.15, 0.2) is 78.9 Å². The number of nitrogens with zero attached hydrogens (tertiary/aromatic N) is 2. The third-order valence-electron chi connectivity index (χ3n) is 6.44. The van der Waals surface area contributed by atoms with Crippen LogP contribution in [0.3, 0.4) is 0 Å². The quantitative estimate of drug-likeness (QED) is 0.342. The number of para-hydroxylation sites is 1. The summed E-state index contributed by atoms with van der Waals surface area (Å²) < 4.78 is 41.7. The Kier molecular flexibility index (Phi) is 10.6. The van der Waals surface area contributed by atoms with E-state index >= 15 is 0 Å². The lowest BCUT2D eigenvalue weighted by molar-refractivity contribution is -0.140. The van der Waals surface area contributed by atoms with Crippen molar-refractivity contribution < 1.29 is 22.4 Å². The molecule has 0 saturated heterocycles. The van der Waals surface area contributed by atoms with Crippen molar-refractivity contribution in [2.75, 3.05) is 23.7 Å². The van der Waals surface area contributed by atoms with Crippen LogP contribution in [0.4, 0.5) is 10.1 Å². The van der Waals surface area contributed by atoms with E-state index < -0.39 is 34.3 Å². The first-order valence-electron chi connectivity index (χ1n) is 13.1. The zero-order valence-electron chi connectivity index (χ0n) is 22.6. The fourth-order valence-corrected chi connectivity index (χ4v) is 5.26. The van der Waals surface area contributed by atoms with Gasteiger partial charge in [-0.3, -0.25) is 13.9 Å². The van der Waals surface area contributed by atoms with Crippen LogP contribution in [-0.4, -0.2) is 50.5 Å². The maximum absolute atomic E-state index is 14.8. The molecule has 0 aliphatic heterocycles. The minimum atomic E-state index is -3.87. The van der Waals surface area contributed by atoms with Crippen molar-refractivity contribution in [2.45, 2.75) is 45.7 Å². The van der Waals surface area contributed by atoms with Gasteiger partial charge < -0.3 is 10.2 Å². The average Bonchev–Trinajstić information content (AvgIpc) is 2.93. The number of rotatable bonds is 13. The van der Waals surface area contributed by atoms with E-state index in [2.05, 4.69) is 5.32 Å². The molecule has 9 heteroatoms. The summed E-state index contributed by atoms with van der Waals surface area (Å²) in [7, 11) is -3.87. The minimum absolute atomic E-state index is 0.182. The second-order valence-corrected chi connectivity index (χ2v) is 11.3. The number of hydrogen-bond donors (Lipinski definition) is 1. The highest BCUT2D eigenvalue weighted by Crippen LogP contribution is 2.25. The largest absolute Gasteiger partial charge is 0.354 e. The zero-order chi connectivity index (χ0) is 28.4. The van der Waals surface area contributed by atoms with E-state index in [0.29, 0.717) is 25.1 Å². The van der Waals surface area contributed by atoms with Gasteiger partial charge >= 0.3 is 0 Å². The predicted molar refractivity (Wildman–Crippen MR) is 152 cm³/mol. The number of benzene rings is 3. The molecule has 3 aromatic rings. The summed E-state index contributed by atoms with van der Waals surface area (Å²) in [5.74, 6) is -1.51. The lowest BCUT2D eigenvalue weighted by Crippen LogP contribution is -2.53. The third-order valence-corrected chi connectivity index (χ3v) is 7.57. The minimum Gasteiger partial charge on any atom is -0.354 e. The molecular weight excluding hydrogens is 517 g/mol. The number of anilines is 1. The molecule has 0 aliphatic rings. The van der Waals surface area contributed by atoms with E-state index in [-0.39, 0.29) is 24.4 Å². The molecule has 3 rings (SSSR count). The summed E-state index contributed by atoms with van der Waals surface area (Å²) in [6.45, 7) is 3.50. The van der Waals surface area contributed by atoms with E-state index in [1.54, 1.807) is 30.3 Å². The van der Waals surface area contributed by atoms with Crippen molar-refractivity contribution in [1.82, 2.24) is 10.2 Å². The van der Waals surface area contributed by atoms with Crippen molar-refractivity contribution in [2.24, 2.45) is 0 Å². The van der Waals surface area contributed by atoms with Gasteiger partial charge in [0.15, 0.2) is 0 Å². The lowest BCUT2D eigenvalue weighted by Gasteiger charge is -2.34. The van der Waals surface area contributed by atoms with E-state index in [0.717, 1.165) is 21.7 Å². The summed E-state index contributed by atoms with van der Waals surface area (Å²) in [5, 5.41) is 2.86. The normalized spacial score (nSPS) is 12.0. The van der Waals surface area contributed by atoms with Gasteiger partial charge in [0.2, 0.25) is 21.8 Å². The number of carbonyl (C=O) groups excluding carboxylic acids is 2. The highest BCUT2D eigenvalue weighted by molar-refractivity contribution is 7.92. The number of carbonyl (C=O) groups is 2. The molecule has 1 N–H and O–H groups in total. The molecule has 0 unspecified atom stereocenters. The fraction of sp³-hybridized carbons (Fsp3) is 0.333. The Morgan fingerprint density at radius 1 is 0.897 bits per heavy atom. The molecule has 2 amide bonds. The number of sulfonamides is 1. The Balaban J connectivity index is 2.07. The van der Waals surface area contributed by atoms with Crippen molar-refractivity contribution >= 4 is 27.5 Å². The second kappa shape index (κ2) is 13.9. The first-order chi connectivity index (χ1) is 18.7. The molecule has 3 aromatic carbocycles. The van der Waals surface area contributed by atoms with Crippen LogP contribution >= 0.6 is 0 Å². The van der Waals surface area contributed by atoms with Gasteiger partial charge in [-0.25, -0.2) is 12.8 Å². The molecule has 0 saturated carbocycles. The Morgan fingerprint density at radius 2 is 1.51 bits per heavy atom. The van der Waals surface area contributed by atoms with Crippen molar-refractivity contribution in [1.29, 1.82) is 0 Å². The van der Waals surface area contributed by atoms with Gasteiger partial charge in [-0.05, 0) is 36.1 Å². The van der Waals surface area contributed by atoms with Gasteiger partial charge in [0.1, 0.15) is 18.4 Å². The average molecular weight is 554 g/mol. The van der Waals surface area contributed by atoms with Crippen LogP contribution < -0.4 is 9.62 Å². The molecule has 0 aromatic heterocycles. The molecule has 208 valence electrons. The summed E-state index contributed by atoms with van der Waals surface area (Å²) in [6.07, 6.45) is 2.48. The van der Waals surface area contributed by atoms with Gasteiger partial charge in [-0.2, -0.15) is 0 Å². The van der Waals surface area contributed by atoms with Gasteiger partial charge in [-0.15, -0.1) is 0 Å². The number of amides is 2. The van der Waals surface area contributed by atoms with Crippen molar-refractivity contribution in [3.63, 3.8) is 0 Å². The van der Waals surface area contributed by atoms with Gasteiger partial charge in [0, 0.05) is 25.1 Å². The van der Waals surface area contributed by atoms with Crippen LogP contribution in [0.5, 0.6) is 0 Å². The first kappa shape index (κ1) is 29.8. The topological polar surface area (TPSA) is 86.8 Å². The summed E-state index contributed by atoms with van der Waals surface area (Å²) in [6, 6.07) is 21.3. The summed E-state index contributed by atoms with van der Waals surface area (Å²) in [5.41, 5.74) is 2.21. The SMILES string of the molecule is CCCNC(=O)[C@@H](Cc1ccccc1)N(Cc1ccccc1F)C(=O)CN(c1ccccc1CC)S(C)(=O)=O. The molecule has 0 bridgehead atoms. The molecule has 0 heterocycles. The number of aryl methyl sites for hydroxylation is 1. The summed E-state index contributed by atoms with van der Waals surface area (Å²) >= 11 is 0. The van der Waals surface area contributed by atoms with Crippen LogP contribution in [0, 0.1) is 5.82 Å². The van der Waals surface area contributed by atoms with Crippen molar-refractivity contribution in [3.8, 4) is 0 Å². The molecule has 0 aliphatic carbocycles. The Labute approximate surface area is 230 Å². The standard InChI is InChI=1S/C30H36FN3O4S/c1-4-19-32-30(36)28(20-23-13-7-6-8-14-23)33(21-25-16-9-11-17-26(25)31)29(35)22-34(39(3,37)38)27-18-12-10-15-24(27)5-2/h6-18,28H,4-5,19-22H2,1-3H3,(H,32,36)/t28-/m1/s1. The van der Waals surface area contributed by atoms with Crippen LogP contribution in [0.1, 0.15) is 37.0 Å². The smallest absolute Gasteiger partial charge is 0.244 e. The van der Waals surface area contributed by atoms with E-state index in [1.807, 2.05) is 56.3 Å². The van der Waals surface area contributed by atoms with Crippen LogP contribution in [0.2, 0.25) is 0 Å². The van der Waals surface area contributed by atoms with Crippen LogP contribution in [-0.2, 0) is 39.0 Å². The zero-order valence-corrected chi connectivity index (χ0v) is 23.5. The first-order valence-corrected chi connectivity index (χ1v) is 14.9. The second-order valence-electron chi connectivity index (χ2n) is 9.36. The molecular formula is C30H36FN3O4S. The molecule has 0 radical (unpaired) electrons. The van der Waals surface area contributed by atoms with E-state index in [4.69, 9.17) is 0 Å². The van der Waals surface area contributed by atoms with Gasteiger partial charge in [-0.1, -0.05) is 80.6 Å². The predicted octanol–water partition coefficient (Wildman–Crippen LogP) is 4.32. The Morgan fingerprint density at radius 3 is 2.13 bits per heavy atom. The third kappa shape index (κ3) is 8.13. The highest BCUT2D eigenvalue weighted by atomic mass is 32.2. The molecule has 0 spiro atoms. The molecule has 1 atom stereocenters. The molecule has 7 nitrogen and oxygen atoms in total. The molecule has 0 fully saturated rings. The number of hydrogen-bond acceptors (Lipinski definition) is 4. The fourth-order valence-electron chi connectivity index (χ4n) is 4.38. The maximum atomic E-state index is 14.8. The summed E-state index contributed by atoms with van der Waals surface area (Å²) in [4.78, 5) is 28.8. The Hall–Kier alpha value is -3.72. The van der Waals surface area contributed by atoms with E-state index in [9.17, 15) is 22.4 Å². The van der Waals surface area contributed by atoms with Gasteiger partial charge in [0.05, 0.1) is 11.9 Å². The number of halogens is 1. The number of nitrogens with one attached hydrogen (secondary N) is 1. The van der Waals surface area contributed by atoms with Gasteiger partial charge in [0.25, 0.3) is 0 Å². The van der Waals surface area contributed by atoms with Crippen LogP contribution in [0.25, 0.3) is 0 Å². The maximum Gasteiger partial charge on any atom is 0.244 e. The lowest BCUT2D eigenvalue weighted by atomic mass is 10.0. The van der Waals surface area contributed by atoms with E-state index in [1.165, 1.54) is 11.0 Å².